The molecule has 0 heterocycles. The number of hydrogen-bond acceptors (Lipinski definition) is 2. The Morgan fingerprint density at radius 3 is 2.63 bits per heavy atom. The summed E-state index contributed by atoms with van der Waals surface area (Å²) in [6, 6.07) is 5.52. The molecule has 0 atom stereocenters. The summed E-state index contributed by atoms with van der Waals surface area (Å²) in [7, 11) is 0. The van der Waals surface area contributed by atoms with E-state index >= 15 is 0 Å². The highest BCUT2D eigenvalue weighted by atomic mass is 35.5. The van der Waals surface area contributed by atoms with Gasteiger partial charge in [0, 0.05) is 17.0 Å². The van der Waals surface area contributed by atoms with Gasteiger partial charge in [0.05, 0.1) is 6.61 Å². The number of carbonyl (C=O) groups excluding carboxylic acids is 1. The highest BCUT2D eigenvalue weighted by molar-refractivity contribution is 6.30. The Bertz CT molecular complexity index is 438. The number of rotatable bonds is 5. The van der Waals surface area contributed by atoms with Crippen molar-refractivity contribution in [1.82, 2.24) is 5.32 Å². The maximum atomic E-state index is 11.6. The lowest BCUT2D eigenvalue weighted by Gasteiger charge is -2.20. The smallest absolute Gasteiger partial charge is 0.220 e. The molecule has 106 valence electrons. The minimum atomic E-state index is -0.176. The van der Waals surface area contributed by atoms with Crippen molar-refractivity contribution in [2.75, 3.05) is 6.61 Å². The minimum absolute atomic E-state index is 0.0592. The Labute approximate surface area is 120 Å². The Kier molecular flexibility index (Phi) is 5.67. The third-order valence-corrected chi connectivity index (χ3v) is 2.69. The molecule has 0 aliphatic rings. The van der Waals surface area contributed by atoms with Crippen molar-refractivity contribution >= 4 is 17.5 Å². The zero-order chi connectivity index (χ0) is 14.5. The van der Waals surface area contributed by atoms with Gasteiger partial charge in [-0.1, -0.05) is 11.6 Å². The number of benzene rings is 1. The molecule has 0 saturated carbocycles. The quantitative estimate of drug-likeness (QED) is 0.837. The van der Waals surface area contributed by atoms with E-state index in [-0.39, 0.29) is 11.4 Å². The molecule has 0 aliphatic heterocycles. The number of hydrogen-bond donors (Lipinski definition) is 1. The number of ether oxygens (including phenoxy) is 1. The van der Waals surface area contributed by atoms with Crippen molar-refractivity contribution < 1.29 is 9.53 Å². The largest absolute Gasteiger partial charge is 0.493 e. The summed E-state index contributed by atoms with van der Waals surface area (Å²) >= 11 is 5.87. The number of halogens is 1. The molecule has 0 spiro atoms. The topological polar surface area (TPSA) is 38.3 Å². The van der Waals surface area contributed by atoms with Gasteiger partial charge in [-0.15, -0.1) is 0 Å². The summed E-state index contributed by atoms with van der Waals surface area (Å²) in [6.07, 6.45) is 1.17. The number of amides is 1. The lowest BCUT2D eigenvalue weighted by molar-refractivity contribution is -0.122. The van der Waals surface area contributed by atoms with E-state index in [0.29, 0.717) is 24.5 Å². The molecule has 0 bridgehead atoms. The summed E-state index contributed by atoms with van der Waals surface area (Å²) < 4.78 is 5.63. The van der Waals surface area contributed by atoms with Crippen LogP contribution in [0.4, 0.5) is 0 Å². The van der Waals surface area contributed by atoms with E-state index in [9.17, 15) is 4.79 Å². The molecule has 1 aromatic carbocycles. The third-order valence-electron chi connectivity index (χ3n) is 2.46. The second kappa shape index (κ2) is 6.80. The van der Waals surface area contributed by atoms with Crippen LogP contribution in [-0.2, 0) is 4.79 Å². The zero-order valence-electron chi connectivity index (χ0n) is 12.0. The third kappa shape index (κ3) is 6.48. The Balaban J connectivity index is 2.29. The van der Waals surface area contributed by atoms with Crippen LogP contribution in [0.15, 0.2) is 18.2 Å². The van der Waals surface area contributed by atoms with Gasteiger partial charge >= 0.3 is 0 Å². The van der Waals surface area contributed by atoms with Gasteiger partial charge < -0.3 is 10.1 Å². The van der Waals surface area contributed by atoms with Crippen LogP contribution in [0.3, 0.4) is 0 Å². The van der Waals surface area contributed by atoms with Crippen molar-refractivity contribution in [1.29, 1.82) is 0 Å². The fraction of sp³-hybridized carbons (Fsp3) is 0.533. The molecule has 4 heteroatoms. The molecule has 3 nitrogen and oxygen atoms in total. The molecule has 0 aromatic heterocycles. The molecule has 0 saturated heterocycles. The molecule has 19 heavy (non-hydrogen) atoms. The zero-order valence-corrected chi connectivity index (χ0v) is 12.8. The molecular formula is C15H22ClNO2. The number of aryl methyl sites for hydroxylation is 1. The maximum Gasteiger partial charge on any atom is 0.220 e. The first-order chi connectivity index (χ1) is 8.78. The molecule has 1 N–H and O–H groups in total. The van der Waals surface area contributed by atoms with Crippen molar-refractivity contribution in [3.05, 3.63) is 28.8 Å². The maximum absolute atomic E-state index is 11.6. The summed E-state index contributed by atoms with van der Waals surface area (Å²) in [5.41, 5.74) is 0.830. The Morgan fingerprint density at radius 1 is 1.37 bits per heavy atom. The van der Waals surface area contributed by atoms with Gasteiger partial charge in [0.1, 0.15) is 5.75 Å². The Hall–Kier alpha value is -1.22. The van der Waals surface area contributed by atoms with E-state index in [1.807, 2.05) is 39.8 Å². The van der Waals surface area contributed by atoms with Gasteiger partial charge in [0.25, 0.3) is 0 Å². The highest BCUT2D eigenvalue weighted by Crippen LogP contribution is 2.21. The van der Waals surface area contributed by atoms with Crippen LogP contribution in [0.25, 0.3) is 0 Å². The first-order valence-electron chi connectivity index (χ1n) is 6.48. The average molecular weight is 284 g/mol. The molecule has 0 aliphatic carbocycles. The SMILES string of the molecule is Cc1cc(Cl)ccc1OCCCC(=O)NC(C)(C)C. The van der Waals surface area contributed by atoms with Gasteiger partial charge in [0.15, 0.2) is 0 Å². The van der Waals surface area contributed by atoms with Crippen LogP contribution in [0, 0.1) is 6.92 Å². The number of nitrogens with one attached hydrogen (secondary N) is 1. The van der Waals surface area contributed by atoms with E-state index in [2.05, 4.69) is 5.32 Å². The highest BCUT2D eigenvalue weighted by Gasteiger charge is 2.13. The van der Waals surface area contributed by atoms with Gasteiger partial charge in [-0.05, 0) is 57.9 Å². The van der Waals surface area contributed by atoms with Crippen LogP contribution in [0.2, 0.25) is 5.02 Å². The standard InChI is InChI=1S/C15H22ClNO2/c1-11-10-12(16)7-8-13(11)19-9-5-6-14(18)17-15(2,3)4/h7-8,10H,5-6,9H2,1-4H3,(H,17,18). The lowest BCUT2D eigenvalue weighted by atomic mass is 10.1. The second-order valence-electron chi connectivity index (χ2n) is 5.66. The average Bonchev–Trinajstić information content (AvgIpc) is 2.24. The van der Waals surface area contributed by atoms with Gasteiger partial charge in [-0.3, -0.25) is 4.79 Å². The molecule has 1 aromatic rings. The summed E-state index contributed by atoms with van der Waals surface area (Å²) in [6.45, 7) is 8.39. The van der Waals surface area contributed by atoms with Crippen molar-refractivity contribution in [3.63, 3.8) is 0 Å². The van der Waals surface area contributed by atoms with Crippen molar-refractivity contribution in [2.24, 2.45) is 0 Å². The van der Waals surface area contributed by atoms with Crippen LogP contribution >= 0.6 is 11.6 Å². The fourth-order valence-corrected chi connectivity index (χ4v) is 1.90. The van der Waals surface area contributed by atoms with Crippen molar-refractivity contribution in [3.8, 4) is 5.75 Å². The fourth-order valence-electron chi connectivity index (χ4n) is 1.67. The normalized spacial score (nSPS) is 11.2. The van der Waals surface area contributed by atoms with Crippen LogP contribution in [0.5, 0.6) is 5.75 Å². The molecule has 1 amide bonds. The first kappa shape index (κ1) is 15.8. The van der Waals surface area contributed by atoms with Gasteiger partial charge in [0.2, 0.25) is 5.91 Å². The Morgan fingerprint density at radius 2 is 2.05 bits per heavy atom. The molecular weight excluding hydrogens is 262 g/mol. The summed E-state index contributed by atoms with van der Waals surface area (Å²) in [5, 5.41) is 3.63. The van der Waals surface area contributed by atoms with E-state index < -0.39 is 0 Å². The van der Waals surface area contributed by atoms with E-state index in [1.165, 1.54) is 0 Å². The summed E-state index contributed by atoms with van der Waals surface area (Å²) in [5.74, 6) is 0.879. The van der Waals surface area contributed by atoms with Crippen LogP contribution in [-0.4, -0.2) is 18.1 Å². The van der Waals surface area contributed by atoms with E-state index in [0.717, 1.165) is 11.3 Å². The van der Waals surface area contributed by atoms with E-state index in [4.69, 9.17) is 16.3 Å². The molecule has 0 fully saturated rings. The number of carbonyl (C=O) groups is 1. The first-order valence-corrected chi connectivity index (χ1v) is 6.86. The lowest BCUT2D eigenvalue weighted by Crippen LogP contribution is -2.40. The van der Waals surface area contributed by atoms with E-state index in [1.54, 1.807) is 6.07 Å². The van der Waals surface area contributed by atoms with Gasteiger partial charge in [-0.25, -0.2) is 0 Å². The predicted molar refractivity (Wildman–Crippen MR) is 78.8 cm³/mol. The molecule has 1 rings (SSSR count). The van der Waals surface area contributed by atoms with Crippen LogP contribution < -0.4 is 10.1 Å². The minimum Gasteiger partial charge on any atom is -0.493 e. The van der Waals surface area contributed by atoms with Crippen molar-refractivity contribution in [2.45, 2.75) is 46.1 Å². The molecule has 0 unspecified atom stereocenters. The summed E-state index contributed by atoms with van der Waals surface area (Å²) in [4.78, 5) is 11.6. The second-order valence-corrected chi connectivity index (χ2v) is 6.10. The predicted octanol–water partition coefficient (Wildman–Crippen LogP) is 3.72. The monoisotopic (exact) mass is 283 g/mol. The van der Waals surface area contributed by atoms with Crippen LogP contribution in [0.1, 0.15) is 39.2 Å². The molecule has 0 radical (unpaired) electrons. The van der Waals surface area contributed by atoms with Gasteiger partial charge in [-0.2, -0.15) is 0 Å².